The molecule has 0 saturated heterocycles. The number of fused-ring (bicyclic) bond motifs is 11. The van der Waals surface area contributed by atoms with Crippen molar-refractivity contribution in [3.63, 3.8) is 0 Å². The fourth-order valence-corrected chi connectivity index (χ4v) is 6.10. The Kier molecular flexibility index (Phi) is 4.30. The molecule has 186 valence electrons. The van der Waals surface area contributed by atoms with Crippen LogP contribution >= 0.6 is 0 Å². The van der Waals surface area contributed by atoms with E-state index in [9.17, 15) is 0 Å². The zero-order valence-corrected chi connectivity index (χ0v) is 21.4. The molecule has 9 aromatic rings. The number of hydrogen-bond acceptors (Lipinski definition) is 3. The third kappa shape index (κ3) is 3.01. The molecule has 0 spiro atoms. The number of oxazole rings is 1. The lowest BCUT2D eigenvalue weighted by Gasteiger charge is -2.13. The van der Waals surface area contributed by atoms with E-state index in [2.05, 4.69) is 113 Å². The Morgan fingerprint density at radius 3 is 2.15 bits per heavy atom. The second-order valence-electron chi connectivity index (χ2n) is 10.3. The minimum atomic E-state index is 0.638. The van der Waals surface area contributed by atoms with Crippen LogP contribution in [0.15, 0.2) is 132 Å². The molecule has 0 radical (unpaired) electrons. The van der Waals surface area contributed by atoms with E-state index in [0.717, 1.165) is 50.0 Å². The number of pyridine rings is 1. The summed E-state index contributed by atoms with van der Waals surface area (Å²) in [4.78, 5) is 9.79. The lowest BCUT2D eigenvalue weighted by molar-refractivity contribution is 0.620. The number of para-hydroxylation sites is 4. The summed E-state index contributed by atoms with van der Waals surface area (Å²) in [6.45, 7) is 0. The van der Waals surface area contributed by atoms with Crippen molar-refractivity contribution in [2.24, 2.45) is 0 Å². The Morgan fingerprint density at radius 1 is 0.500 bits per heavy atom. The molecule has 0 atom stereocenters. The normalized spacial score (nSPS) is 12.0. The lowest BCUT2D eigenvalue weighted by Crippen LogP contribution is -1.93. The largest absolute Gasteiger partial charge is 0.436 e. The van der Waals surface area contributed by atoms with Gasteiger partial charge in [0.2, 0.25) is 5.89 Å². The first kappa shape index (κ1) is 21.5. The highest BCUT2D eigenvalue weighted by Gasteiger charge is 2.16. The average Bonchev–Trinajstić information content (AvgIpc) is 3.63. The predicted octanol–water partition coefficient (Wildman–Crippen LogP) is 9.42. The van der Waals surface area contributed by atoms with Crippen molar-refractivity contribution in [2.75, 3.05) is 0 Å². The molecule has 0 N–H and O–H groups in total. The number of rotatable bonds is 2. The van der Waals surface area contributed by atoms with Gasteiger partial charge in [-0.15, -0.1) is 0 Å². The van der Waals surface area contributed by atoms with Crippen LogP contribution in [0.25, 0.3) is 82.8 Å². The van der Waals surface area contributed by atoms with E-state index in [1.54, 1.807) is 0 Å². The zero-order chi connectivity index (χ0) is 26.2. The van der Waals surface area contributed by atoms with E-state index in [1.807, 2.05) is 24.3 Å². The van der Waals surface area contributed by atoms with Gasteiger partial charge in [0.05, 0.1) is 16.6 Å². The molecule has 6 aromatic carbocycles. The molecule has 3 heterocycles. The molecule has 0 aliphatic carbocycles. The fourth-order valence-electron chi connectivity index (χ4n) is 6.10. The lowest BCUT2D eigenvalue weighted by atomic mass is 9.96. The Balaban J connectivity index is 1.29. The van der Waals surface area contributed by atoms with Crippen LogP contribution in [0.3, 0.4) is 0 Å². The van der Waals surface area contributed by atoms with E-state index in [0.29, 0.717) is 5.89 Å². The van der Waals surface area contributed by atoms with E-state index in [4.69, 9.17) is 9.40 Å². The van der Waals surface area contributed by atoms with Gasteiger partial charge in [-0.1, -0.05) is 78.9 Å². The molecular weight excluding hydrogens is 490 g/mol. The van der Waals surface area contributed by atoms with Gasteiger partial charge in [0, 0.05) is 16.3 Å². The van der Waals surface area contributed by atoms with E-state index in [1.165, 1.54) is 26.9 Å². The Labute approximate surface area is 228 Å². The predicted molar refractivity (Wildman–Crippen MR) is 164 cm³/mol. The molecule has 4 heteroatoms. The van der Waals surface area contributed by atoms with Gasteiger partial charge in [-0.3, -0.25) is 4.40 Å². The number of imidazole rings is 1. The summed E-state index contributed by atoms with van der Waals surface area (Å²) in [5, 5.41) is 6.04. The highest BCUT2D eigenvalue weighted by molar-refractivity contribution is 6.23. The fraction of sp³-hybridized carbons (Fsp3) is 0. The van der Waals surface area contributed by atoms with E-state index in [-0.39, 0.29) is 0 Å². The summed E-state index contributed by atoms with van der Waals surface area (Å²) in [7, 11) is 0. The van der Waals surface area contributed by atoms with Gasteiger partial charge in [-0.2, -0.15) is 0 Å². The summed E-state index contributed by atoms with van der Waals surface area (Å²) in [6.07, 6.45) is 0. The van der Waals surface area contributed by atoms with Crippen LogP contribution in [0.1, 0.15) is 0 Å². The van der Waals surface area contributed by atoms with Gasteiger partial charge in [0.25, 0.3) is 0 Å². The van der Waals surface area contributed by atoms with E-state index >= 15 is 0 Å². The van der Waals surface area contributed by atoms with Crippen LogP contribution in [0.2, 0.25) is 0 Å². The zero-order valence-electron chi connectivity index (χ0n) is 21.4. The average molecular weight is 512 g/mol. The SMILES string of the molecule is c1ccc2c(c1)ccc1c3cc(-c4ccc(-c5nc6ccccc6o5)cc4)ccc3n3c4ccccc4nc3c21. The molecule has 0 unspecified atom stereocenters. The van der Waals surface area contributed by atoms with Crippen molar-refractivity contribution >= 4 is 60.2 Å². The Morgan fingerprint density at radius 2 is 1.25 bits per heavy atom. The molecule has 0 bridgehead atoms. The number of hydrogen-bond donors (Lipinski definition) is 0. The third-order valence-electron chi connectivity index (χ3n) is 8.00. The highest BCUT2D eigenvalue weighted by Crippen LogP contribution is 2.38. The van der Waals surface area contributed by atoms with Gasteiger partial charge < -0.3 is 4.42 Å². The molecule has 40 heavy (non-hydrogen) atoms. The molecular formula is C36H21N3O. The van der Waals surface area contributed by atoms with Crippen LogP contribution in [-0.2, 0) is 0 Å². The maximum absolute atomic E-state index is 5.99. The Hall–Kier alpha value is -5.48. The van der Waals surface area contributed by atoms with Crippen molar-refractivity contribution in [2.45, 2.75) is 0 Å². The monoisotopic (exact) mass is 511 g/mol. The van der Waals surface area contributed by atoms with Crippen LogP contribution in [0.5, 0.6) is 0 Å². The van der Waals surface area contributed by atoms with Gasteiger partial charge in [0.15, 0.2) is 5.58 Å². The van der Waals surface area contributed by atoms with Crippen molar-refractivity contribution in [3.05, 3.63) is 127 Å². The summed E-state index contributed by atoms with van der Waals surface area (Å²) < 4.78 is 8.31. The summed E-state index contributed by atoms with van der Waals surface area (Å²) in [5.41, 5.74) is 9.21. The minimum Gasteiger partial charge on any atom is -0.436 e. The highest BCUT2D eigenvalue weighted by atomic mass is 16.3. The molecule has 3 aromatic heterocycles. The van der Waals surface area contributed by atoms with Gasteiger partial charge in [-0.05, 0) is 75.8 Å². The van der Waals surface area contributed by atoms with Crippen molar-refractivity contribution in [1.82, 2.24) is 14.4 Å². The number of nitrogens with zero attached hydrogens (tertiary/aromatic N) is 3. The maximum Gasteiger partial charge on any atom is 0.227 e. The Bertz CT molecular complexity index is 2400. The number of aromatic nitrogens is 3. The minimum absolute atomic E-state index is 0.638. The third-order valence-corrected chi connectivity index (χ3v) is 8.00. The second kappa shape index (κ2) is 8.01. The smallest absolute Gasteiger partial charge is 0.227 e. The molecule has 0 amide bonds. The topological polar surface area (TPSA) is 43.3 Å². The van der Waals surface area contributed by atoms with E-state index < -0.39 is 0 Å². The first-order chi connectivity index (χ1) is 19.8. The second-order valence-corrected chi connectivity index (χ2v) is 10.3. The molecule has 0 saturated carbocycles. The number of benzene rings is 6. The molecule has 0 aliphatic heterocycles. The van der Waals surface area contributed by atoms with Crippen molar-refractivity contribution in [3.8, 4) is 22.6 Å². The quantitative estimate of drug-likeness (QED) is 0.217. The molecule has 4 nitrogen and oxygen atoms in total. The van der Waals surface area contributed by atoms with Crippen LogP contribution in [0, 0.1) is 0 Å². The standard InChI is InChI=1S/C36H21N3O/c1-2-8-26-23(7-1)17-19-27-28-21-25(18-20-31(28)39-32-11-5-3-9-29(32)37-35(39)34(26)27)22-13-15-24(16-14-22)36-38-30-10-4-6-12-33(30)40-36/h1-21H. The first-order valence-electron chi connectivity index (χ1n) is 13.4. The van der Waals surface area contributed by atoms with Gasteiger partial charge >= 0.3 is 0 Å². The van der Waals surface area contributed by atoms with Crippen LogP contribution < -0.4 is 0 Å². The van der Waals surface area contributed by atoms with Crippen molar-refractivity contribution in [1.29, 1.82) is 0 Å². The molecule has 0 fully saturated rings. The molecule has 9 rings (SSSR count). The van der Waals surface area contributed by atoms with Crippen molar-refractivity contribution < 1.29 is 4.42 Å². The summed E-state index contributed by atoms with van der Waals surface area (Å²) >= 11 is 0. The van der Waals surface area contributed by atoms with Crippen LogP contribution in [-0.4, -0.2) is 14.4 Å². The maximum atomic E-state index is 5.99. The van der Waals surface area contributed by atoms with Gasteiger partial charge in [-0.25, -0.2) is 9.97 Å². The first-order valence-corrected chi connectivity index (χ1v) is 13.4. The summed E-state index contributed by atoms with van der Waals surface area (Å²) in [6, 6.07) is 44.5. The van der Waals surface area contributed by atoms with Crippen LogP contribution in [0.4, 0.5) is 0 Å². The van der Waals surface area contributed by atoms with Gasteiger partial charge in [0.1, 0.15) is 11.2 Å². The summed E-state index contributed by atoms with van der Waals surface area (Å²) in [5.74, 6) is 0.638. The molecule has 0 aliphatic rings.